The largest absolute Gasteiger partial charge is 0.462 e. The van der Waals surface area contributed by atoms with E-state index in [1.54, 1.807) is 0 Å². The van der Waals surface area contributed by atoms with Crippen molar-refractivity contribution >= 4 is 17.9 Å². The van der Waals surface area contributed by atoms with Crippen LogP contribution in [0.4, 0.5) is 0 Å². The second-order valence-electron chi connectivity index (χ2n) is 17.4. The Bertz CT molecular complexity index is 1190. The molecule has 0 spiro atoms. The van der Waals surface area contributed by atoms with Crippen LogP contribution in [-0.4, -0.2) is 37.2 Å². The molecule has 0 amide bonds. The SMILES string of the molecule is CC/C=C\C/C=C\C/C=C\C/C=C\C/C=C\CCCCCC(=O)OC[C@@H](COC(=O)CCCCCCCCCCCCCCC)OC(=O)CCCCCCC/C=C\CCCCCC. The molecule has 0 rings (SSSR count). The fraction of sp³-hybridized carbons (Fsp3) is 0.737. The first-order chi connectivity index (χ1) is 31.0. The predicted octanol–water partition coefficient (Wildman–Crippen LogP) is 17.4. The Morgan fingerprint density at radius 2 is 0.619 bits per heavy atom. The minimum absolute atomic E-state index is 0.0876. The van der Waals surface area contributed by atoms with Gasteiger partial charge >= 0.3 is 17.9 Å². The fourth-order valence-electron chi connectivity index (χ4n) is 7.23. The van der Waals surface area contributed by atoms with E-state index in [2.05, 4.69) is 93.7 Å². The summed E-state index contributed by atoms with van der Waals surface area (Å²) in [6.07, 6.45) is 64.5. The summed E-state index contributed by atoms with van der Waals surface area (Å²) in [5, 5.41) is 0. The first kappa shape index (κ1) is 59.9. The van der Waals surface area contributed by atoms with Crippen LogP contribution < -0.4 is 0 Å². The molecule has 63 heavy (non-hydrogen) atoms. The van der Waals surface area contributed by atoms with Crippen LogP contribution >= 0.6 is 0 Å². The summed E-state index contributed by atoms with van der Waals surface area (Å²) < 4.78 is 16.8. The van der Waals surface area contributed by atoms with Crippen molar-refractivity contribution in [3.05, 3.63) is 72.9 Å². The third kappa shape index (κ3) is 49.7. The molecule has 0 N–H and O–H groups in total. The van der Waals surface area contributed by atoms with Crippen molar-refractivity contribution in [3.63, 3.8) is 0 Å². The first-order valence-electron chi connectivity index (χ1n) is 26.4. The standard InChI is InChI=1S/C57H98O6/c1-4-7-10-13-16-19-22-25-26-27-28-29-30-33-35-38-41-44-47-50-56(59)62-53-54(63-57(60)51-48-45-42-39-36-32-24-21-18-15-12-9-6-3)52-61-55(58)49-46-43-40-37-34-31-23-20-17-14-11-8-5-2/h7,10,16,19,21,24-26,28-29,33,35,54H,4-6,8-9,11-15,17-18,20,22-23,27,30-32,34,36-53H2,1-3H3/b10-7-,19-16-,24-21-,26-25-,29-28-,35-33-/t54-/m1/s1. The highest BCUT2D eigenvalue weighted by molar-refractivity contribution is 5.71. The van der Waals surface area contributed by atoms with Gasteiger partial charge in [-0.15, -0.1) is 0 Å². The lowest BCUT2D eigenvalue weighted by Gasteiger charge is -2.18. The molecule has 362 valence electrons. The van der Waals surface area contributed by atoms with E-state index >= 15 is 0 Å². The van der Waals surface area contributed by atoms with Crippen LogP contribution in [0.1, 0.15) is 252 Å². The Labute approximate surface area is 389 Å². The Kier molecular flexibility index (Phi) is 48.9. The highest BCUT2D eigenvalue weighted by Gasteiger charge is 2.19. The van der Waals surface area contributed by atoms with Gasteiger partial charge in [-0.1, -0.05) is 216 Å². The molecular weight excluding hydrogens is 781 g/mol. The van der Waals surface area contributed by atoms with Crippen molar-refractivity contribution in [3.8, 4) is 0 Å². The third-order valence-corrected chi connectivity index (χ3v) is 11.2. The summed E-state index contributed by atoms with van der Waals surface area (Å²) in [5.74, 6) is -0.926. The van der Waals surface area contributed by atoms with Crippen molar-refractivity contribution in [2.75, 3.05) is 13.2 Å². The molecule has 6 nitrogen and oxygen atoms in total. The van der Waals surface area contributed by atoms with Gasteiger partial charge in [0.15, 0.2) is 6.10 Å². The summed E-state index contributed by atoms with van der Waals surface area (Å²) in [5.41, 5.74) is 0. The van der Waals surface area contributed by atoms with Crippen LogP contribution in [0.15, 0.2) is 72.9 Å². The molecule has 0 aliphatic carbocycles. The van der Waals surface area contributed by atoms with E-state index in [1.165, 1.54) is 103 Å². The van der Waals surface area contributed by atoms with Crippen LogP contribution in [0.25, 0.3) is 0 Å². The molecular formula is C57H98O6. The van der Waals surface area contributed by atoms with Gasteiger partial charge < -0.3 is 14.2 Å². The molecule has 0 heterocycles. The Morgan fingerprint density at radius 1 is 0.333 bits per heavy atom. The molecule has 0 aliphatic rings. The van der Waals surface area contributed by atoms with Crippen molar-refractivity contribution in [1.29, 1.82) is 0 Å². The topological polar surface area (TPSA) is 78.9 Å². The van der Waals surface area contributed by atoms with Crippen LogP contribution in [0.2, 0.25) is 0 Å². The first-order valence-corrected chi connectivity index (χ1v) is 26.4. The van der Waals surface area contributed by atoms with E-state index in [0.29, 0.717) is 19.3 Å². The zero-order valence-corrected chi connectivity index (χ0v) is 41.3. The van der Waals surface area contributed by atoms with Gasteiger partial charge in [0.25, 0.3) is 0 Å². The van der Waals surface area contributed by atoms with Crippen molar-refractivity contribution in [2.45, 2.75) is 258 Å². The maximum Gasteiger partial charge on any atom is 0.306 e. The van der Waals surface area contributed by atoms with Gasteiger partial charge in [0.2, 0.25) is 0 Å². The average Bonchev–Trinajstić information content (AvgIpc) is 3.28. The van der Waals surface area contributed by atoms with E-state index in [9.17, 15) is 14.4 Å². The van der Waals surface area contributed by atoms with Crippen LogP contribution in [0.5, 0.6) is 0 Å². The average molecular weight is 879 g/mol. The molecule has 0 saturated carbocycles. The second kappa shape index (κ2) is 51.5. The van der Waals surface area contributed by atoms with Gasteiger partial charge in [-0.25, -0.2) is 0 Å². The molecule has 0 aliphatic heterocycles. The monoisotopic (exact) mass is 879 g/mol. The highest BCUT2D eigenvalue weighted by Crippen LogP contribution is 2.15. The van der Waals surface area contributed by atoms with Gasteiger partial charge in [-0.05, 0) is 89.9 Å². The number of unbranched alkanes of at least 4 members (excludes halogenated alkanes) is 24. The maximum absolute atomic E-state index is 12.8. The lowest BCUT2D eigenvalue weighted by atomic mass is 10.0. The Morgan fingerprint density at radius 3 is 1.02 bits per heavy atom. The number of carbonyl (C=O) groups is 3. The lowest BCUT2D eigenvalue weighted by Crippen LogP contribution is -2.30. The predicted molar refractivity (Wildman–Crippen MR) is 270 cm³/mol. The van der Waals surface area contributed by atoms with Crippen molar-refractivity contribution in [1.82, 2.24) is 0 Å². The minimum atomic E-state index is -0.791. The van der Waals surface area contributed by atoms with Crippen LogP contribution in [0, 0.1) is 0 Å². The third-order valence-electron chi connectivity index (χ3n) is 11.2. The van der Waals surface area contributed by atoms with E-state index in [-0.39, 0.29) is 31.1 Å². The molecule has 0 radical (unpaired) electrons. The van der Waals surface area contributed by atoms with Gasteiger partial charge in [0.05, 0.1) is 0 Å². The van der Waals surface area contributed by atoms with Gasteiger partial charge in [-0.2, -0.15) is 0 Å². The highest BCUT2D eigenvalue weighted by atomic mass is 16.6. The number of ether oxygens (including phenoxy) is 3. The summed E-state index contributed by atoms with van der Waals surface area (Å²) in [4.78, 5) is 38.0. The number of allylic oxidation sites excluding steroid dienone is 12. The Hall–Kier alpha value is -3.15. The summed E-state index contributed by atoms with van der Waals surface area (Å²) in [6, 6.07) is 0. The number of esters is 3. The molecule has 0 fully saturated rings. The summed E-state index contributed by atoms with van der Waals surface area (Å²) in [7, 11) is 0. The number of hydrogen-bond acceptors (Lipinski definition) is 6. The molecule has 6 heteroatoms. The number of hydrogen-bond donors (Lipinski definition) is 0. The molecule has 0 bridgehead atoms. The molecule has 0 saturated heterocycles. The normalized spacial score (nSPS) is 12.6. The van der Waals surface area contributed by atoms with E-state index in [4.69, 9.17) is 14.2 Å². The summed E-state index contributed by atoms with van der Waals surface area (Å²) in [6.45, 7) is 6.48. The van der Waals surface area contributed by atoms with Crippen molar-refractivity contribution in [2.24, 2.45) is 0 Å². The lowest BCUT2D eigenvalue weighted by molar-refractivity contribution is -0.167. The van der Waals surface area contributed by atoms with Gasteiger partial charge in [0.1, 0.15) is 13.2 Å². The van der Waals surface area contributed by atoms with E-state index in [0.717, 1.165) is 109 Å². The smallest absolute Gasteiger partial charge is 0.306 e. The maximum atomic E-state index is 12.8. The quantitative estimate of drug-likeness (QED) is 0.0262. The second-order valence-corrected chi connectivity index (χ2v) is 17.4. The molecule has 0 aromatic rings. The zero-order chi connectivity index (χ0) is 45.8. The number of carbonyl (C=O) groups excluding carboxylic acids is 3. The van der Waals surface area contributed by atoms with E-state index in [1.807, 2.05) is 0 Å². The Balaban J connectivity index is 4.43. The minimum Gasteiger partial charge on any atom is -0.462 e. The summed E-state index contributed by atoms with van der Waals surface area (Å²) >= 11 is 0. The van der Waals surface area contributed by atoms with Gasteiger partial charge in [0, 0.05) is 19.3 Å². The van der Waals surface area contributed by atoms with E-state index < -0.39 is 6.10 Å². The fourth-order valence-corrected chi connectivity index (χ4v) is 7.23. The van der Waals surface area contributed by atoms with Gasteiger partial charge in [-0.3, -0.25) is 14.4 Å². The molecule has 0 aromatic carbocycles. The van der Waals surface area contributed by atoms with Crippen LogP contribution in [-0.2, 0) is 28.6 Å². The molecule has 0 unspecified atom stereocenters. The molecule has 1 atom stereocenters. The van der Waals surface area contributed by atoms with Crippen molar-refractivity contribution < 1.29 is 28.6 Å². The zero-order valence-electron chi connectivity index (χ0n) is 41.3. The number of rotatable bonds is 47. The molecule has 0 aromatic heterocycles. The van der Waals surface area contributed by atoms with Crippen LogP contribution in [0.3, 0.4) is 0 Å².